The molecule has 3 N–H and O–H groups in total. The van der Waals surface area contributed by atoms with Crippen LogP contribution < -0.4 is 10.6 Å². The molecule has 3 heterocycles. The van der Waals surface area contributed by atoms with Crippen LogP contribution in [-0.4, -0.2) is 63.1 Å². The number of H-pyrrole nitrogens is 1. The van der Waals surface area contributed by atoms with Crippen LogP contribution in [0.25, 0.3) is 11.2 Å². The van der Waals surface area contributed by atoms with E-state index in [1.54, 1.807) is 6.33 Å². The van der Waals surface area contributed by atoms with Gasteiger partial charge in [-0.3, -0.25) is 4.79 Å². The lowest BCUT2D eigenvalue weighted by atomic mass is 9.95. The summed E-state index contributed by atoms with van der Waals surface area (Å²) in [5, 5.41) is 6.90. The molecule has 1 amide bonds. The fourth-order valence-corrected chi connectivity index (χ4v) is 4.44. The highest BCUT2D eigenvalue weighted by atomic mass is 16.5. The zero-order valence-electron chi connectivity index (χ0n) is 18.4. The van der Waals surface area contributed by atoms with Crippen molar-refractivity contribution in [2.24, 2.45) is 0 Å². The number of amides is 1. The first-order valence-electron chi connectivity index (χ1n) is 11.4. The van der Waals surface area contributed by atoms with E-state index in [4.69, 9.17) is 9.72 Å². The van der Waals surface area contributed by atoms with E-state index >= 15 is 0 Å². The molecular weight excluding hydrogens is 406 g/mol. The van der Waals surface area contributed by atoms with Crippen LogP contribution in [0.2, 0.25) is 0 Å². The number of nitrogens with one attached hydrogen (secondary N) is 3. The van der Waals surface area contributed by atoms with E-state index in [1.807, 2.05) is 30.0 Å². The van der Waals surface area contributed by atoms with Crippen LogP contribution in [0.15, 0.2) is 24.5 Å². The van der Waals surface area contributed by atoms with Crippen molar-refractivity contribution >= 4 is 34.5 Å². The Morgan fingerprint density at radius 3 is 2.75 bits per heavy atom. The van der Waals surface area contributed by atoms with Gasteiger partial charge in [0.2, 0.25) is 5.95 Å². The Kier molecular flexibility index (Phi) is 5.89. The Bertz CT molecular complexity index is 1100. The fraction of sp³-hybridized carbons (Fsp3) is 0.478. The van der Waals surface area contributed by atoms with Gasteiger partial charge >= 0.3 is 0 Å². The van der Waals surface area contributed by atoms with Crippen LogP contribution in [0.4, 0.5) is 17.5 Å². The smallest absolute Gasteiger partial charge is 0.254 e. The van der Waals surface area contributed by atoms with Crippen LogP contribution in [0.1, 0.15) is 48.0 Å². The van der Waals surface area contributed by atoms with Gasteiger partial charge < -0.3 is 25.3 Å². The SMILES string of the molecule is Cc1cc(C(=O)N2CCOCC2)ccc1Nc1nc(NC2CCCCC2)c2[nH]cnc2n1. The molecule has 1 aliphatic carbocycles. The summed E-state index contributed by atoms with van der Waals surface area (Å²) in [6.45, 7) is 4.42. The van der Waals surface area contributed by atoms with E-state index in [2.05, 4.69) is 25.6 Å². The number of aromatic amines is 1. The van der Waals surface area contributed by atoms with Crippen molar-refractivity contribution in [2.45, 2.75) is 45.1 Å². The van der Waals surface area contributed by atoms with Crippen LogP contribution in [0.3, 0.4) is 0 Å². The summed E-state index contributed by atoms with van der Waals surface area (Å²) in [7, 11) is 0. The van der Waals surface area contributed by atoms with Crippen molar-refractivity contribution in [3.05, 3.63) is 35.7 Å². The zero-order valence-corrected chi connectivity index (χ0v) is 18.4. The number of ether oxygens (including phenoxy) is 1. The molecule has 0 bridgehead atoms. The van der Waals surface area contributed by atoms with E-state index in [9.17, 15) is 4.79 Å². The van der Waals surface area contributed by atoms with Gasteiger partial charge in [0.25, 0.3) is 5.91 Å². The number of anilines is 3. The lowest BCUT2D eigenvalue weighted by Gasteiger charge is -2.27. The van der Waals surface area contributed by atoms with Crippen LogP contribution in [0.5, 0.6) is 0 Å². The molecule has 1 saturated heterocycles. The number of hydrogen-bond donors (Lipinski definition) is 3. The molecule has 168 valence electrons. The van der Waals surface area contributed by atoms with Gasteiger partial charge in [0.1, 0.15) is 5.52 Å². The number of morpholine rings is 1. The van der Waals surface area contributed by atoms with Gasteiger partial charge in [0.05, 0.1) is 19.5 Å². The zero-order chi connectivity index (χ0) is 21.9. The first-order valence-corrected chi connectivity index (χ1v) is 11.4. The number of hydrogen-bond acceptors (Lipinski definition) is 7. The minimum atomic E-state index is 0.0381. The van der Waals surface area contributed by atoms with Gasteiger partial charge in [-0.15, -0.1) is 0 Å². The Labute approximate surface area is 187 Å². The highest BCUT2D eigenvalue weighted by Gasteiger charge is 2.20. The predicted molar refractivity (Wildman–Crippen MR) is 123 cm³/mol. The molecule has 0 radical (unpaired) electrons. The molecule has 0 spiro atoms. The molecule has 0 unspecified atom stereocenters. The largest absolute Gasteiger partial charge is 0.378 e. The topological polar surface area (TPSA) is 108 Å². The molecule has 2 fully saturated rings. The second kappa shape index (κ2) is 9.12. The van der Waals surface area contributed by atoms with E-state index in [1.165, 1.54) is 19.3 Å². The predicted octanol–water partition coefficient (Wildman–Crippen LogP) is 3.62. The Hall–Kier alpha value is -3.20. The number of carbonyl (C=O) groups is 1. The molecular formula is C23H29N7O2. The van der Waals surface area contributed by atoms with E-state index in [-0.39, 0.29) is 5.91 Å². The second-order valence-electron chi connectivity index (χ2n) is 8.54. The lowest BCUT2D eigenvalue weighted by Crippen LogP contribution is -2.40. The quantitative estimate of drug-likeness (QED) is 0.562. The van der Waals surface area contributed by atoms with Gasteiger partial charge in [-0.1, -0.05) is 19.3 Å². The van der Waals surface area contributed by atoms with Gasteiger partial charge in [-0.25, -0.2) is 4.98 Å². The number of aromatic nitrogens is 4. The first-order chi connectivity index (χ1) is 15.7. The van der Waals surface area contributed by atoms with Crippen molar-refractivity contribution in [3.63, 3.8) is 0 Å². The second-order valence-corrected chi connectivity index (χ2v) is 8.54. The third-order valence-electron chi connectivity index (χ3n) is 6.25. The first kappa shape index (κ1) is 20.7. The molecule has 9 heteroatoms. The minimum Gasteiger partial charge on any atom is -0.378 e. The van der Waals surface area contributed by atoms with Crippen molar-refractivity contribution in [3.8, 4) is 0 Å². The van der Waals surface area contributed by atoms with Gasteiger partial charge in [0, 0.05) is 30.4 Å². The molecule has 1 saturated carbocycles. The molecule has 1 aliphatic heterocycles. The number of imidazole rings is 1. The van der Waals surface area contributed by atoms with Crippen molar-refractivity contribution in [1.29, 1.82) is 0 Å². The number of aryl methyl sites for hydroxylation is 1. The van der Waals surface area contributed by atoms with Gasteiger partial charge in [-0.2, -0.15) is 9.97 Å². The summed E-state index contributed by atoms with van der Waals surface area (Å²) in [5.74, 6) is 1.30. The summed E-state index contributed by atoms with van der Waals surface area (Å²) in [5.41, 5.74) is 3.94. The monoisotopic (exact) mass is 435 g/mol. The molecule has 2 aliphatic rings. The summed E-state index contributed by atoms with van der Waals surface area (Å²) >= 11 is 0. The van der Waals surface area contributed by atoms with Gasteiger partial charge in [-0.05, 0) is 43.5 Å². The van der Waals surface area contributed by atoms with E-state index in [0.29, 0.717) is 49.5 Å². The number of benzene rings is 1. The molecule has 9 nitrogen and oxygen atoms in total. The number of fused-ring (bicyclic) bond motifs is 1. The van der Waals surface area contributed by atoms with Gasteiger partial charge in [0.15, 0.2) is 11.5 Å². The highest BCUT2D eigenvalue weighted by molar-refractivity contribution is 5.95. The maximum Gasteiger partial charge on any atom is 0.254 e. The van der Waals surface area contributed by atoms with Crippen LogP contribution >= 0.6 is 0 Å². The van der Waals surface area contributed by atoms with Crippen molar-refractivity contribution < 1.29 is 9.53 Å². The molecule has 3 aromatic rings. The normalized spacial score (nSPS) is 17.5. The summed E-state index contributed by atoms with van der Waals surface area (Å²) in [4.78, 5) is 31.4. The molecule has 5 rings (SSSR count). The summed E-state index contributed by atoms with van der Waals surface area (Å²) in [6, 6.07) is 6.09. The lowest BCUT2D eigenvalue weighted by molar-refractivity contribution is 0.0303. The van der Waals surface area contributed by atoms with Crippen molar-refractivity contribution in [1.82, 2.24) is 24.8 Å². The van der Waals surface area contributed by atoms with E-state index in [0.717, 1.165) is 35.4 Å². The maximum atomic E-state index is 12.8. The average molecular weight is 436 g/mol. The Morgan fingerprint density at radius 1 is 1.16 bits per heavy atom. The number of carbonyl (C=O) groups excluding carboxylic acids is 1. The third-order valence-corrected chi connectivity index (χ3v) is 6.25. The molecule has 2 aromatic heterocycles. The molecule has 0 atom stereocenters. The van der Waals surface area contributed by atoms with Crippen LogP contribution in [-0.2, 0) is 4.74 Å². The van der Waals surface area contributed by atoms with Crippen LogP contribution in [0, 0.1) is 6.92 Å². The van der Waals surface area contributed by atoms with Crippen molar-refractivity contribution in [2.75, 3.05) is 36.9 Å². The third kappa shape index (κ3) is 4.38. The fourth-order valence-electron chi connectivity index (χ4n) is 4.44. The number of rotatable bonds is 5. The standard InChI is InChI=1S/C23H29N7O2/c1-15-13-16(22(31)30-9-11-32-12-10-30)7-8-18(15)27-23-28-20-19(24-14-25-20)21(29-23)26-17-5-3-2-4-6-17/h7-8,13-14,17H,2-6,9-12H2,1H3,(H3,24,25,26,27,28,29). The number of nitrogens with zero attached hydrogens (tertiary/aromatic N) is 4. The summed E-state index contributed by atoms with van der Waals surface area (Å²) < 4.78 is 5.35. The minimum absolute atomic E-state index is 0.0381. The average Bonchev–Trinajstić information content (AvgIpc) is 3.30. The summed E-state index contributed by atoms with van der Waals surface area (Å²) in [6.07, 6.45) is 7.74. The Morgan fingerprint density at radius 2 is 1.97 bits per heavy atom. The molecule has 1 aromatic carbocycles. The van der Waals surface area contributed by atoms with E-state index < -0.39 is 0 Å². The highest BCUT2D eigenvalue weighted by Crippen LogP contribution is 2.27. The molecule has 32 heavy (non-hydrogen) atoms. The maximum absolute atomic E-state index is 12.8. The Balaban J connectivity index is 1.36.